The van der Waals surface area contributed by atoms with Gasteiger partial charge in [0, 0.05) is 6.42 Å². The first-order valence-electron chi connectivity index (χ1n) is 8.72. The minimum absolute atomic E-state index is 0.113. The molecule has 0 heterocycles. The quantitative estimate of drug-likeness (QED) is 0.417. The maximum atomic E-state index is 12.0. The fraction of sp³-hybridized carbons (Fsp3) is 0.250. The Bertz CT molecular complexity index is 808. The molecule has 2 amide bonds. The predicted octanol–water partition coefficient (Wildman–Crippen LogP) is 0.190. The van der Waals surface area contributed by atoms with E-state index in [4.69, 9.17) is 5.73 Å². The van der Waals surface area contributed by atoms with Gasteiger partial charge >= 0.3 is 5.97 Å². The first-order chi connectivity index (χ1) is 13.3. The Hall–Kier alpha value is -3.39. The van der Waals surface area contributed by atoms with Crippen molar-refractivity contribution in [2.45, 2.75) is 24.9 Å². The van der Waals surface area contributed by atoms with Crippen LogP contribution in [0.15, 0.2) is 54.6 Å². The Kier molecular flexibility index (Phi) is 7.53. The zero-order chi connectivity index (χ0) is 20.5. The van der Waals surface area contributed by atoms with Crippen molar-refractivity contribution in [2.75, 3.05) is 6.54 Å². The summed E-state index contributed by atoms with van der Waals surface area (Å²) in [5, 5.41) is 23.3. The first kappa shape index (κ1) is 20.9. The molecular weight excluding hydrogens is 362 g/mol. The number of amides is 2. The molecular formula is C20H23N3O5. The molecule has 0 saturated carbocycles. The maximum absolute atomic E-state index is 12.0. The summed E-state index contributed by atoms with van der Waals surface area (Å²) in [7, 11) is 0. The maximum Gasteiger partial charge on any atom is 0.326 e. The molecule has 28 heavy (non-hydrogen) atoms. The van der Waals surface area contributed by atoms with E-state index in [0.717, 1.165) is 11.1 Å². The van der Waals surface area contributed by atoms with E-state index in [1.807, 2.05) is 6.07 Å². The average Bonchev–Trinajstić information content (AvgIpc) is 2.68. The normalized spacial score (nSPS) is 12.6. The lowest BCUT2D eigenvalue weighted by molar-refractivity contribution is -0.141. The van der Waals surface area contributed by atoms with Gasteiger partial charge in [-0.05, 0) is 29.7 Å². The van der Waals surface area contributed by atoms with E-state index in [1.54, 1.807) is 36.4 Å². The van der Waals surface area contributed by atoms with Crippen molar-refractivity contribution >= 4 is 17.8 Å². The molecule has 0 aliphatic carbocycles. The van der Waals surface area contributed by atoms with Gasteiger partial charge in [-0.3, -0.25) is 9.59 Å². The summed E-state index contributed by atoms with van der Waals surface area (Å²) in [5.41, 5.74) is 7.36. The highest BCUT2D eigenvalue weighted by atomic mass is 16.4. The van der Waals surface area contributed by atoms with Crippen molar-refractivity contribution in [3.8, 4) is 5.75 Å². The van der Waals surface area contributed by atoms with Crippen molar-refractivity contribution in [1.29, 1.82) is 0 Å². The second-order valence-electron chi connectivity index (χ2n) is 6.34. The number of carboxylic acid groups (broad SMARTS) is 1. The topological polar surface area (TPSA) is 142 Å². The summed E-state index contributed by atoms with van der Waals surface area (Å²) >= 11 is 0. The highest BCUT2D eigenvalue weighted by molar-refractivity contribution is 5.89. The largest absolute Gasteiger partial charge is 0.508 e. The highest BCUT2D eigenvalue weighted by Gasteiger charge is 2.21. The molecule has 2 rings (SSSR count). The van der Waals surface area contributed by atoms with Gasteiger partial charge in [0.1, 0.15) is 11.8 Å². The highest BCUT2D eigenvalue weighted by Crippen LogP contribution is 2.10. The van der Waals surface area contributed by atoms with Crippen LogP contribution in [-0.2, 0) is 27.2 Å². The van der Waals surface area contributed by atoms with Crippen molar-refractivity contribution in [3.05, 3.63) is 65.7 Å². The number of phenolic OH excluding ortho intramolecular Hbond substituents is 1. The van der Waals surface area contributed by atoms with Gasteiger partial charge < -0.3 is 26.6 Å². The van der Waals surface area contributed by atoms with Gasteiger partial charge in [0.2, 0.25) is 11.8 Å². The molecule has 0 bridgehead atoms. The van der Waals surface area contributed by atoms with Crippen LogP contribution in [0.1, 0.15) is 11.1 Å². The van der Waals surface area contributed by atoms with E-state index in [9.17, 15) is 24.6 Å². The van der Waals surface area contributed by atoms with Crippen molar-refractivity contribution in [1.82, 2.24) is 10.6 Å². The Morgan fingerprint density at radius 2 is 1.54 bits per heavy atom. The molecule has 8 heteroatoms. The third-order valence-corrected chi connectivity index (χ3v) is 4.07. The van der Waals surface area contributed by atoms with Gasteiger partial charge in [0.15, 0.2) is 0 Å². The number of nitrogens with two attached hydrogens (primary N) is 1. The molecule has 2 aromatic carbocycles. The number of rotatable bonds is 9. The zero-order valence-electron chi connectivity index (χ0n) is 15.2. The lowest BCUT2D eigenvalue weighted by Gasteiger charge is -2.16. The van der Waals surface area contributed by atoms with E-state index in [0.29, 0.717) is 0 Å². The summed E-state index contributed by atoms with van der Waals surface area (Å²) in [6.07, 6.45) is 0.371. The van der Waals surface area contributed by atoms with Gasteiger partial charge in [0.05, 0.1) is 12.6 Å². The van der Waals surface area contributed by atoms with Crippen LogP contribution in [0.5, 0.6) is 5.75 Å². The number of aliphatic carboxylic acids is 1. The van der Waals surface area contributed by atoms with Crippen molar-refractivity contribution < 1.29 is 24.6 Å². The molecule has 0 spiro atoms. The van der Waals surface area contributed by atoms with Crippen LogP contribution in [0.2, 0.25) is 0 Å². The number of nitrogens with one attached hydrogen (secondary N) is 2. The third kappa shape index (κ3) is 6.73. The van der Waals surface area contributed by atoms with E-state index in [1.165, 1.54) is 12.1 Å². The number of carbonyl (C=O) groups is 3. The molecule has 0 aromatic heterocycles. The van der Waals surface area contributed by atoms with Crippen LogP contribution in [0.4, 0.5) is 0 Å². The van der Waals surface area contributed by atoms with Crippen LogP contribution in [0, 0.1) is 0 Å². The monoisotopic (exact) mass is 385 g/mol. The second-order valence-corrected chi connectivity index (χ2v) is 6.34. The molecule has 0 aliphatic rings. The molecule has 0 fully saturated rings. The third-order valence-electron chi connectivity index (χ3n) is 4.07. The fourth-order valence-corrected chi connectivity index (χ4v) is 2.57. The van der Waals surface area contributed by atoms with E-state index >= 15 is 0 Å². The SMILES string of the molecule is N[C@@H](Cc1ccc(O)cc1)C(=O)NCC(=O)N[C@@H](Cc1ccccc1)C(=O)O. The number of hydrogen-bond donors (Lipinski definition) is 5. The zero-order valence-corrected chi connectivity index (χ0v) is 15.2. The van der Waals surface area contributed by atoms with Crippen LogP contribution in [0.3, 0.4) is 0 Å². The number of carbonyl (C=O) groups excluding carboxylic acids is 2. The van der Waals surface area contributed by atoms with Gasteiger partial charge in [-0.25, -0.2) is 4.79 Å². The molecule has 6 N–H and O–H groups in total. The van der Waals surface area contributed by atoms with E-state index < -0.39 is 29.9 Å². The summed E-state index contributed by atoms with van der Waals surface area (Å²) in [5.74, 6) is -2.19. The Morgan fingerprint density at radius 1 is 0.929 bits per heavy atom. The van der Waals surface area contributed by atoms with E-state index in [-0.39, 0.29) is 25.1 Å². The lowest BCUT2D eigenvalue weighted by atomic mass is 10.1. The number of aromatic hydroxyl groups is 1. The van der Waals surface area contributed by atoms with Gasteiger partial charge in [-0.15, -0.1) is 0 Å². The summed E-state index contributed by atoms with van der Waals surface area (Å²) in [6, 6.07) is 13.2. The number of phenols is 1. The molecule has 0 unspecified atom stereocenters. The lowest BCUT2D eigenvalue weighted by Crippen LogP contribution is -2.49. The second kappa shape index (κ2) is 10.1. The Balaban J connectivity index is 1.81. The minimum Gasteiger partial charge on any atom is -0.508 e. The van der Waals surface area contributed by atoms with Crippen LogP contribution >= 0.6 is 0 Å². The Morgan fingerprint density at radius 3 is 2.14 bits per heavy atom. The molecule has 148 valence electrons. The molecule has 0 radical (unpaired) electrons. The van der Waals surface area contributed by atoms with E-state index in [2.05, 4.69) is 10.6 Å². The van der Waals surface area contributed by atoms with Crippen LogP contribution in [-0.4, -0.2) is 46.6 Å². The van der Waals surface area contributed by atoms with Gasteiger partial charge in [-0.2, -0.15) is 0 Å². The first-order valence-corrected chi connectivity index (χ1v) is 8.72. The molecule has 8 nitrogen and oxygen atoms in total. The average molecular weight is 385 g/mol. The molecule has 2 aromatic rings. The van der Waals surface area contributed by atoms with Gasteiger partial charge in [-0.1, -0.05) is 42.5 Å². The van der Waals surface area contributed by atoms with Crippen molar-refractivity contribution in [3.63, 3.8) is 0 Å². The Labute approximate surface area is 162 Å². The molecule has 0 saturated heterocycles. The summed E-state index contributed by atoms with van der Waals surface area (Å²) in [6.45, 7) is -0.374. The van der Waals surface area contributed by atoms with Crippen molar-refractivity contribution in [2.24, 2.45) is 5.73 Å². The molecule has 2 atom stereocenters. The van der Waals surface area contributed by atoms with Crippen LogP contribution in [0.25, 0.3) is 0 Å². The summed E-state index contributed by atoms with van der Waals surface area (Å²) in [4.78, 5) is 35.4. The smallest absolute Gasteiger partial charge is 0.326 e. The number of carboxylic acids is 1. The standard InChI is InChI=1S/C20H23N3O5/c21-16(10-14-6-8-15(24)9-7-14)19(26)22-12-18(25)23-17(20(27)28)11-13-4-2-1-3-5-13/h1-9,16-17,24H,10-12,21H2,(H,22,26)(H,23,25)(H,27,28)/t16-,17-/m0/s1. The summed E-state index contributed by atoms with van der Waals surface area (Å²) < 4.78 is 0. The number of hydrogen-bond acceptors (Lipinski definition) is 5. The predicted molar refractivity (Wildman–Crippen MR) is 103 cm³/mol. The fourth-order valence-electron chi connectivity index (χ4n) is 2.57. The van der Waals surface area contributed by atoms with Gasteiger partial charge in [0.25, 0.3) is 0 Å². The number of benzene rings is 2. The van der Waals surface area contributed by atoms with Crippen LogP contribution < -0.4 is 16.4 Å². The molecule has 0 aliphatic heterocycles. The minimum atomic E-state index is -1.16.